The van der Waals surface area contributed by atoms with Gasteiger partial charge >= 0.3 is 6.09 Å². The molecule has 1 heterocycles. The maximum Gasteiger partial charge on any atom is 0.407 e. The Balaban J connectivity index is 1.32. The molecular weight excluding hydrogens is 564 g/mol. The van der Waals surface area contributed by atoms with E-state index in [0.29, 0.717) is 6.54 Å². The zero-order chi connectivity index (χ0) is 31.6. The molecule has 4 unspecified atom stereocenters. The van der Waals surface area contributed by atoms with Crippen LogP contribution in [-0.4, -0.2) is 42.4 Å². The summed E-state index contributed by atoms with van der Waals surface area (Å²) in [5.41, 5.74) is 7.21. The molecule has 7 nitrogen and oxygen atoms in total. The molecule has 4 aromatic rings. The molecule has 4 atom stereocenters. The monoisotopic (exact) mass is 606 g/mol. The molecule has 0 saturated carbocycles. The van der Waals surface area contributed by atoms with Gasteiger partial charge in [-0.25, -0.2) is 4.79 Å². The first kappa shape index (κ1) is 32.1. The van der Waals surface area contributed by atoms with Crippen molar-refractivity contribution < 1.29 is 24.1 Å². The van der Waals surface area contributed by atoms with Gasteiger partial charge in [-0.15, -0.1) is 0 Å². The summed E-state index contributed by atoms with van der Waals surface area (Å²) < 4.78 is 18.3. The van der Waals surface area contributed by atoms with E-state index in [9.17, 15) is 9.90 Å². The van der Waals surface area contributed by atoms with Crippen LogP contribution in [0.25, 0.3) is 11.1 Å². The number of carbonyl (C=O) groups excluding carboxylic acids is 1. The van der Waals surface area contributed by atoms with Gasteiger partial charge < -0.3 is 24.6 Å². The lowest BCUT2D eigenvalue weighted by Crippen LogP contribution is -2.43. The number of alkyl carbamates (subject to hydrolysis) is 1. The van der Waals surface area contributed by atoms with E-state index in [4.69, 9.17) is 14.2 Å². The lowest BCUT2D eigenvalue weighted by atomic mass is 9.90. The minimum absolute atomic E-state index is 0.00798. The van der Waals surface area contributed by atoms with E-state index in [1.165, 1.54) is 11.6 Å². The molecule has 4 aromatic carbocycles. The number of aliphatic hydroxyl groups excluding tert-OH is 1. The molecular formula is C38H42N2O5. The molecule has 0 spiro atoms. The van der Waals surface area contributed by atoms with Gasteiger partial charge in [-0.2, -0.15) is 0 Å². The summed E-state index contributed by atoms with van der Waals surface area (Å²) in [7, 11) is 2.13. The second-order valence-electron chi connectivity index (χ2n) is 11.6. The Labute approximate surface area is 266 Å². The SMILES string of the molecule is C=CCOC(=O)NCc1cccc(-c2ccc(C3OC(CN(C)Cc4ccccc4)C(C)C(c4ccc(CO)cc4)O3)cc2)c1. The summed E-state index contributed by atoms with van der Waals surface area (Å²) in [4.78, 5) is 14.1. The van der Waals surface area contributed by atoms with Crippen molar-refractivity contribution in [2.75, 3.05) is 20.2 Å². The second kappa shape index (κ2) is 15.6. The van der Waals surface area contributed by atoms with E-state index >= 15 is 0 Å². The standard InChI is InChI=1S/C38H42N2O5/c1-4-21-43-38(42)39-23-30-11-8-12-34(22-30)31-17-19-33(20-18-31)37-44-35(25-40(3)24-28-9-6-5-7-10-28)27(2)36(45-37)32-15-13-29(26-41)14-16-32/h4-20,22,27,35-37,41H,1,21,23-26H2,2-3H3,(H,39,42). The van der Waals surface area contributed by atoms with E-state index in [1.54, 1.807) is 0 Å². The van der Waals surface area contributed by atoms with Crippen molar-refractivity contribution in [3.8, 4) is 11.1 Å². The van der Waals surface area contributed by atoms with Crippen LogP contribution in [0.4, 0.5) is 4.79 Å². The van der Waals surface area contributed by atoms with Gasteiger partial charge in [0.1, 0.15) is 6.61 Å². The smallest absolute Gasteiger partial charge is 0.407 e. The third kappa shape index (κ3) is 8.68. The highest BCUT2D eigenvalue weighted by molar-refractivity contribution is 5.68. The average Bonchev–Trinajstić information content (AvgIpc) is 3.08. The Hall–Kier alpha value is -4.27. The highest BCUT2D eigenvalue weighted by Crippen LogP contribution is 2.42. The van der Waals surface area contributed by atoms with E-state index in [-0.39, 0.29) is 31.3 Å². The zero-order valence-corrected chi connectivity index (χ0v) is 26.0. The molecule has 1 saturated heterocycles. The molecule has 1 amide bonds. The fourth-order valence-electron chi connectivity index (χ4n) is 5.65. The molecule has 7 heteroatoms. The molecule has 234 valence electrons. The quantitative estimate of drug-likeness (QED) is 0.166. The number of nitrogens with one attached hydrogen (secondary N) is 1. The lowest BCUT2D eigenvalue weighted by molar-refractivity contribution is -0.276. The van der Waals surface area contributed by atoms with Crippen molar-refractivity contribution in [3.63, 3.8) is 0 Å². The topological polar surface area (TPSA) is 80.3 Å². The van der Waals surface area contributed by atoms with Gasteiger partial charge in [0.05, 0.1) is 18.8 Å². The van der Waals surface area contributed by atoms with Crippen molar-refractivity contribution in [2.24, 2.45) is 5.92 Å². The number of aliphatic hydroxyl groups is 1. The number of hydrogen-bond acceptors (Lipinski definition) is 6. The normalized spacial score (nSPS) is 19.6. The first-order valence-corrected chi connectivity index (χ1v) is 15.4. The van der Waals surface area contributed by atoms with Gasteiger partial charge in [-0.3, -0.25) is 4.90 Å². The molecule has 1 fully saturated rings. The van der Waals surface area contributed by atoms with Gasteiger partial charge in [0.25, 0.3) is 0 Å². The Morgan fingerprint density at radius 1 is 0.889 bits per heavy atom. The number of rotatable bonds is 12. The van der Waals surface area contributed by atoms with Gasteiger partial charge in [0.2, 0.25) is 0 Å². The molecule has 2 N–H and O–H groups in total. The highest BCUT2D eigenvalue weighted by Gasteiger charge is 2.38. The third-order valence-electron chi connectivity index (χ3n) is 8.12. The third-order valence-corrected chi connectivity index (χ3v) is 8.12. The number of hydrogen-bond donors (Lipinski definition) is 2. The van der Waals surface area contributed by atoms with Crippen molar-refractivity contribution >= 4 is 6.09 Å². The summed E-state index contributed by atoms with van der Waals surface area (Å²) in [6.07, 6.45) is 0.285. The van der Waals surface area contributed by atoms with Gasteiger partial charge in [0, 0.05) is 31.1 Å². The second-order valence-corrected chi connectivity index (χ2v) is 11.6. The van der Waals surface area contributed by atoms with Crippen LogP contribution < -0.4 is 5.32 Å². The summed E-state index contributed by atoms with van der Waals surface area (Å²) >= 11 is 0. The van der Waals surface area contributed by atoms with Crippen molar-refractivity contribution in [2.45, 2.75) is 45.1 Å². The average molecular weight is 607 g/mol. The van der Waals surface area contributed by atoms with Gasteiger partial charge in [-0.1, -0.05) is 117 Å². The van der Waals surface area contributed by atoms with Crippen LogP contribution in [0.15, 0.2) is 116 Å². The number of likely N-dealkylation sites (N-methyl/N-ethyl adjacent to an activating group) is 1. The fourth-order valence-corrected chi connectivity index (χ4v) is 5.65. The minimum Gasteiger partial charge on any atom is -0.445 e. The van der Waals surface area contributed by atoms with Crippen molar-refractivity contribution in [1.29, 1.82) is 0 Å². The minimum atomic E-state index is -0.537. The van der Waals surface area contributed by atoms with Crippen LogP contribution >= 0.6 is 0 Å². The Morgan fingerprint density at radius 3 is 2.31 bits per heavy atom. The van der Waals surface area contributed by atoms with Crippen LogP contribution in [0.3, 0.4) is 0 Å². The van der Waals surface area contributed by atoms with Crippen LogP contribution in [0.5, 0.6) is 0 Å². The Morgan fingerprint density at radius 2 is 1.60 bits per heavy atom. The summed E-state index contributed by atoms with van der Waals surface area (Å²) in [5, 5.41) is 12.3. The molecule has 0 bridgehead atoms. The van der Waals surface area contributed by atoms with Gasteiger partial charge in [-0.05, 0) is 46.5 Å². The maximum absolute atomic E-state index is 11.8. The molecule has 0 aromatic heterocycles. The van der Waals surface area contributed by atoms with Crippen LogP contribution in [0, 0.1) is 5.92 Å². The first-order valence-electron chi connectivity index (χ1n) is 15.4. The number of nitrogens with zero attached hydrogens (tertiary/aromatic N) is 1. The molecule has 1 aliphatic heterocycles. The van der Waals surface area contributed by atoms with Crippen LogP contribution in [-0.2, 0) is 33.9 Å². The predicted octanol–water partition coefficient (Wildman–Crippen LogP) is 7.18. The largest absolute Gasteiger partial charge is 0.445 e. The van der Waals surface area contributed by atoms with Crippen LogP contribution in [0.2, 0.25) is 0 Å². The Bertz CT molecular complexity index is 1520. The summed E-state index contributed by atoms with van der Waals surface area (Å²) in [6.45, 7) is 7.87. The molecule has 0 aliphatic carbocycles. The van der Waals surface area contributed by atoms with Gasteiger partial charge in [0.15, 0.2) is 6.29 Å². The number of carbonyl (C=O) groups is 1. The number of amides is 1. The van der Waals surface area contributed by atoms with E-state index < -0.39 is 12.4 Å². The van der Waals surface area contributed by atoms with E-state index in [2.05, 4.69) is 91.4 Å². The summed E-state index contributed by atoms with van der Waals surface area (Å²) in [6, 6.07) is 34.8. The number of benzene rings is 4. The Kier molecular flexibility index (Phi) is 11.2. The number of ether oxygens (including phenoxy) is 3. The maximum atomic E-state index is 11.8. The summed E-state index contributed by atoms with van der Waals surface area (Å²) in [5.74, 6) is 0.101. The predicted molar refractivity (Wildman–Crippen MR) is 176 cm³/mol. The lowest BCUT2D eigenvalue weighted by Gasteiger charge is -2.42. The highest BCUT2D eigenvalue weighted by atomic mass is 16.7. The molecule has 45 heavy (non-hydrogen) atoms. The fraction of sp³-hybridized carbons (Fsp3) is 0.289. The molecule has 0 radical (unpaired) electrons. The zero-order valence-electron chi connectivity index (χ0n) is 26.0. The molecule has 1 aliphatic rings. The van der Waals surface area contributed by atoms with E-state index in [1.807, 2.05) is 42.5 Å². The first-order chi connectivity index (χ1) is 21.9. The van der Waals surface area contributed by atoms with Crippen molar-refractivity contribution in [1.82, 2.24) is 10.2 Å². The van der Waals surface area contributed by atoms with Crippen LogP contribution in [0.1, 0.15) is 47.1 Å². The van der Waals surface area contributed by atoms with E-state index in [0.717, 1.165) is 46.5 Å². The molecule has 5 rings (SSSR count). The van der Waals surface area contributed by atoms with Crippen molar-refractivity contribution in [3.05, 3.63) is 144 Å².